The van der Waals surface area contributed by atoms with Crippen LogP contribution >= 0.6 is 24.0 Å². The fourth-order valence-electron chi connectivity index (χ4n) is 2.88. The first kappa shape index (κ1) is 22.5. The van der Waals surface area contributed by atoms with Crippen LogP contribution in [0, 0.1) is 0 Å². The monoisotopic (exact) mass is 456 g/mol. The number of thiocarbonyl (C=S) groups is 1. The zero-order valence-electron chi connectivity index (χ0n) is 16.7. The second kappa shape index (κ2) is 10.2. The van der Waals surface area contributed by atoms with E-state index in [2.05, 4.69) is 5.32 Å². The van der Waals surface area contributed by atoms with E-state index in [4.69, 9.17) is 17.0 Å². The number of ether oxygens (including phenoxy) is 1. The lowest BCUT2D eigenvalue weighted by Gasteiger charge is -2.14. The van der Waals surface area contributed by atoms with Crippen molar-refractivity contribution >= 4 is 57.8 Å². The van der Waals surface area contributed by atoms with Crippen LogP contribution in [0.15, 0.2) is 53.4 Å². The van der Waals surface area contributed by atoms with Crippen molar-refractivity contribution in [2.75, 3.05) is 18.5 Å². The highest BCUT2D eigenvalue weighted by Gasteiger charge is 2.32. The molecule has 7 nitrogen and oxygen atoms in total. The Balaban J connectivity index is 1.61. The first-order valence-corrected chi connectivity index (χ1v) is 10.7. The molecule has 0 radical (unpaired) electrons. The molecule has 0 bridgehead atoms. The van der Waals surface area contributed by atoms with Crippen molar-refractivity contribution in [1.29, 1.82) is 0 Å². The largest absolute Gasteiger partial charge is 0.494 e. The highest BCUT2D eigenvalue weighted by atomic mass is 32.2. The third kappa shape index (κ3) is 5.71. The zero-order valence-corrected chi connectivity index (χ0v) is 18.3. The van der Waals surface area contributed by atoms with Gasteiger partial charge in [0.2, 0.25) is 5.91 Å². The number of benzene rings is 2. The van der Waals surface area contributed by atoms with Crippen molar-refractivity contribution < 1.29 is 24.2 Å². The van der Waals surface area contributed by atoms with E-state index in [1.54, 1.807) is 18.2 Å². The second-order valence-corrected chi connectivity index (χ2v) is 8.16. The number of rotatable bonds is 8. The van der Waals surface area contributed by atoms with Gasteiger partial charge in [0, 0.05) is 13.0 Å². The van der Waals surface area contributed by atoms with Gasteiger partial charge in [0.05, 0.1) is 22.8 Å². The maximum Gasteiger partial charge on any atom is 0.337 e. The third-order valence-electron chi connectivity index (χ3n) is 4.36. The summed E-state index contributed by atoms with van der Waals surface area (Å²) in [5.74, 6) is -1.05. The molecule has 2 N–H and O–H groups in total. The molecule has 2 amide bonds. The highest BCUT2D eigenvalue weighted by Crippen LogP contribution is 2.33. The molecule has 31 heavy (non-hydrogen) atoms. The van der Waals surface area contributed by atoms with Gasteiger partial charge in [-0.25, -0.2) is 4.79 Å². The Bertz CT molecular complexity index is 1050. The first-order valence-electron chi connectivity index (χ1n) is 9.49. The molecule has 160 valence electrons. The Morgan fingerprint density at radius 3 is 2.58 bits per heavy atom. The Hall–Kier alpha value is -3.17. The van der Waals surface area contributed by atoms with Crippen molar-refractivity contribution in [2.45, 2.75) is 13.3 Å². The number of nitrogens with zero attached hydrogens (tertiary/aromatic N) is 1. The molecule has 1 fully saturated rings. The smallest absolute Gasteiger partial charge is 0.337 e. The van der Waals surface area contributed by atoms with Crippen molar-refractivity contribution in [3.63, 3.8) is 0 Å². The van der Waals surface area contributed by atoms with Gasteiger partial charge in [-0.05, 0) is 42.8 Å². The first-order chi connectivity index (χ1) is 14.9. The number of nitrogens with one attached hydrogen (secondary N) is 1. The molecule has 2 aromatic rings. The van der Waals surface area contributed by atoms with Crippen molar-refractivity contribution in [1.82, 2.24) is 4.90 Å². The number of aromatic carboxylic acids is 1. The molecule has 3 rings (SSSR count). The highest BCUT2D eigenvalue weighted by molar-refractivity contribution is 8.26. The lowest BCUT2D eigenvalue weighted by atomic mass is 10.1. The molecule has 1 saturated heterocycles. The van der Waals surface area contributed by atoms with E-state index in [0.29, 0.717) is 15.8 Å². The van der Waals surface area contributed by atoms with Crippen LogP contribution < -0.4 is 10.1 Å². The summed E-state index contributed by atoms with van der Waals surface area (Å²) in [6, 6.07) is 13.5. The van der Waals surface area contributed by atoms with Crippen LogP contribution in [0.3, 0.4) is 0 Å². The molecule has 9 heteroatoms. The van der Waals surface area contributed by atoms with Crippen LogP contribution in [-0.4, -0.2) is 45.3 Å². The van der Waals surface area contributed by atoms with E-state index in [9.17, 15) is 19.5 Å². The second-order valence-electron chi connectivity index (χ2n) is 6.48. The van der Waals surface area contributed by atoms with Crippen LogP contribution in [0.4, 0.5) is 5.69 Å². The summed E-state index contributed by atoms with van der Waals surface area (Å²) in [5.41, 5.74) is 1.05. The zero-order chi connectivity index (χ0) is 22.4. The number of hydrogen-bond acceptors (Lipinski definition) is 6. The molecule has 0 saturated carbocycles. The van der Waals surface area contributed by atoms with Gasteiger partial charge in [-0.2, -0.15) is 0 Å². The predicted octanol–water partition coefficient (Wildman–Crippen LogP) is 4.01. The molecular formula is C22H20N2O5S2. The molecule has 0 aromatic heterocycles. The number of carboxylic acid groups (broad SMARTS) is 1. The SMILES string of the molecule is CCOc1ccc(/C=C2\SC(=S)N(CCC(=O)Nc3ccccc3C(=O)O)C2=O)cc1. The van der Waals surface area contributed by atoms with Crippen LogP contribution in [0.1, 0.15) is 29.3 Å². The standard InChI is InChI=1S/C22H20N2O5S2/c1-2-29-15-9-7-14(8-10-15)13-18-20(26)24(22(30)31-18)12-11-19(25)23-17-6-4-3-5-16(17)21(27)28/h3-10,13H,2,11-12H2,1H3,(H,23,25)(H,27,28)/b18-13-. The number of amides is 2. The Morgan fingerprint density at radius 1 is 1.19 bits per heavy atom. The van der Waals surface area contributed by atoms with E-state index in [1.165, 1.54) is 28.8 Å². The van der Waals surface area contributed by atoms with Crippen LogP contribution in [0.2, 0.25) is 0 Å². The fourth-order valence-corrected chi connectivity index (χ4v) is 4.18. The number of anilines is 1. The predicted molar refractivity (Wildman–Crippen MR) is 124 cm³/mol. The van der Waals surface area contributed by atoms with E-state index in [0.717, 1.165) is 11.3 Å². The van der Waals surface area contributed by atoms with Gasteiger partial charge in [-0.1, -0.05) is 48.2 Å². The number of carbonyl (C=O) groups excluding carboxylic acids is 2. The Morgan fingerprint density at radius 2 is 1.90 bits per heavy atom. The summed E-state index contributed by atoms with van der Waals surface area (Å²) in [6.45, 7) is 2.59. The quantitative estimate of drug-likeness (QED) is 0.458. The number of para-hydroxylation sites is 1. The lowest BCUT2D eigenvalue weighted by Crippen LogP contribution is -2.31. The number of hydrogen-bond donors (Lipinski definition) is 2. The van der Waals surface area contributed by atoms with Gasteiger partial charge in [-0.3, -0.25) is 14.5 Å². The Labute approximate surface area is 189 Å². The Kier molecular flexibility index (Phi) is 7.43. The third-order valence-corrected chi connectivity index (χ3v) is 5.73. The molecule has 1 aliphatic heterocycles. The van der Waals surface area contributed by atoms with E-state index in [-0.39, 0.29) is 30.1 Å². The van der Waals surface area contributed by atoms with Crippen molar-refractivity contribution in [3.8, 4) is 5.75 Å². The molecule has 1 heterocycles. The number of carbonyl (C=O) groups is 3. The van der Waals surface area contributed by atoms with Gasteiger partial charge in [0.25, 0.3) is 5.91 Å². The summed E-state index contributed by atoms with van der Waals surface area (Å²) in [6.07, 6.45) is 1.73. The van der Waals surface area contributed by atoms with Crippen LogP contribution in [-0.2, 0) is 9.59 Å². The number of thioether (sulfide) groups is 1. The van der Waals surface area contributed by atoms with Gasteiger partial charge in [0.1, 0.15) is 10.1 Å². The minimum atomic E-state index is -1.13. The average molecular weight is 457 g/mol. The normalized spacial score (nSPS) is 14.7. The van der Waals surface area contributed by atoms with E-state index in [1.807, 2.05) is 31.2 Å². The molecule has 0 atom stereocenters. The molecule has 0 unspecified atom stereocenters. The summed E-state index contributed by atoms with van der Waals surface area (Å²) < 4.78 is 5.79. The van der Waals surface area contributed by atoms with Gasteiger partial charge >= 0.3 is 5.97 Å². The summed E-state index contributed by atoms with van der Waals surface area (Å²) >= 11 is 6.48. The van der Waals surface area contributed by atoms with Gasteiger partial charge < -0.3 is 15.2 Å². The molecular weight excluding hydrogens is 436 g/mol. The van der Waals surface area contributed by atoms with E-state index < -0.39 is 11.9 Å². The molecule has 2 aromatic carbocycles. The van der Waals surface area contributed by atoms with E-state index >= 15 is 0 Å². The van der Waals surface area contributed by atoms with Gasteiger partial charge in [0.15, 0.2) is 0 Å². The minimum absolute atomic E-state index is 0.000231. The summed E-state index contributed by atoms with van der Waals surface area (Å²) in [4.78, 5) is 38.1. The maximum atomic E-state index is 12.7. The summed E-state index contributed by atoms with van der Waals surface area (Å²) in [7, 11) is 0. The number of carboxylic acids is 1. The van der Waals surface area contributed by atoms with Crippen molar-refractivity contribution in [2.24, 2.45) is 0 Å². The molecule has 1 aliphatic rings. The van der Waals surface area contributed by atoms with Crippen molar-refractivity contribution in [3.05, 3.63) is 64.6 Å². The summed E-state index contributed by atoms with van der Waals surface area (Å²) in [5, 5.41) is 11.8. The van der Waals surface area contributed by atoms with Gasteiger partial charge in [-0.15, -0.1) is 0 Å². The van der Waals surface area contributed by atoms with Crippen LogP contribution in [0.5, 0.6) is 5.75 Å². The topological polar surface area (TPSA) is 95.9 Å². The fraction of sp³-hybridized carbons (Fsp3) is 0.182. The lowest BCUT2D eigenvalue weighted by molar-refractivity contribution is -0.122. The molecule has 0 aliphatic carbocycles. The maximum absolute atomic E-state index is 12.7. The van der Waals surface area contributed by atoms with Crippen LogP contribution in [0.25, 0.3) is 6.08 Å². The molecule has 0 spiro atoms. The average Bonchev–Trinajstić information content (AvgIpc) is 3.01. The minimum Gasteiger partial charge on any atom is -0.494 e.